The average molecular weight is 237 g/mol. The van der Waals surface area contributed by atoms with E-state index < -0.39 is 0 Å². The summed E-state index contributed by atoms with van der Waals surface area (Å²) >= 11 is 0. The summed E-state index contributed by atoms with van der Waals surface area (Å²) < 4.78 is 4.71. The predicted molar refractivity (Wildman–Crippen MR) is 63.4 cm³/mol. The molecule has 1 aliphatic heterocycles. The van der Waals surface area contributed by atoms with Crippen molar-refractivity contribution >= 4 is 5.91 Å². The largest absolute Gasteiger partial charge is 0.364 e. The predicted octanol–water partition coefficient (Wildman–Crippen LogP) is 1.26. The molecule has 0 bridgehead atoms. The van der Waals surface area contributed by atoms with Gasteiger partial charge >= 0.3 is 0 Å². The molecule has 1 aliphatic rings. The Morgan fingerprint density at radius 3 is 3.12 bits per heavy atom. The molecule has 1 saturated heterocycles. The summed E-state index contributed by atoms with van der Waals surface area (Å²) in [6.07, 6.45) is 4.62. The number of nitrogens with zero attached hydrogens (tertiary/aromatic N) is 2. The van der Waals surface area contributed by atoms with Gasteiger partial charge in [0, 0.05) is 25.2 Å². The van der Waals surface area contributed by atoms with Crippen LogP contribution in [0.3, 0.4) is 0 Å². The van der Waals surface area contributed by atoms with Gasteiger partial charge in [0.1, 0.15) is 6.26 Å². The molecule has 2 unspecified atom stereocenters. The average Bonchev–Trinajstić information content (AvgIpc) is 2.91. The van der Waals surface area contributed by atoms with E-state index in [1.807, 2.05) is 4.90 Å². The first kappa shape index (κ1) is 12.1. The lowest BCUT2D eigenvalue weighted by Gasteiger charge is -2.38. The maximum Gasteiger partial charge on any atom is 0.276 e. The van der Waals surface area contributed by atoms with Crippen molar-refractivity contribution < 1.29 is 9.32 Å². The van der Waals surface area contributed by atoms with Crippen molar-refractivity contribution in [2.75, 3.05) is 13.1 Å². The summed E-state index contributed by atoms with van der Waals surface area (Å²) in [6, 6.07) is 1.74. The Morgan fingerprint density at radius 1 is 1.71 bits per heavy atom. The van der Waals surface area contributed by atoms with Crippen molar-refractivity contribution in [3.8, 4) is 0 Å². The van der Waals surface area contributed by atoms with Gasteiger partial charge in [-0.1, -0.05) is 18.5 Å². The van der Waals surface area contributed by atoms with E-state index in [0.717, 1.165) is 25.8 Å². The van der Waals surface area contributed by atoms with E-state index in [-0.39, 0.29) is 11.9 Å². The Hall–Kier alpha value is -1.36. The van der Waals surface area contributed by atoms with E-state index in [4.69, 9.17) is 10.3 Å². The van der Waals surface area contributed by atoms with Crippen LogP contribution < -0.4 is 5.73 Å². The van der Waals surface area contributed by atoms with Crippen molar-refractivity contribution in [1.82, 2.24) is 10.1 Å². The summed E-state index contributed by atoms with van der Waals surface area (Å²) in [6.45, 7) is 3.47. The van der Waals surface area contributed by atoms with Gasteiger partial charge in [0.15, 0.2) is 5.69 Å². The first-order chi connectivity index (χ1) is 8.26. The molecular formula is C12H19N3O2. The molecule has 2 rings (SSSR count). The Morgan fingerprint density at radius 2 is 2.53 bits per heavy atom. The monoisotopic (exact) mass is 237 g/mol. The van der Waals surface area contributed by atoms with Crippen LogP contribution in [0, 0.1) is 5.92 Å². The Balaban J connectivity index is 2.07. The van der Waals surface area contributed by atoms with E-state index in [1.54, 1.807) is 6.07 Å². The van der Waals surface area contributed by atoms with Crippen molar-refractivity contribution in [2.24, 2.45) is 11.7 Å². The van der Waals surface area contributed by atoms with E-state index in [9.17, 15) is 4.79 Å². The summed E-state index contributed by atoms with van der Waals surface area (Å²) in [4.78, 5) is 14.0. The minimum absolute atomic E-state index is 0.0660. The number of amides is 1. The summed E-state index contributed by atoms with van der Waals surface area (Å²) in [5.74, 6) is 0.619. The fourth-order valence-corrected chi connectivity index (χ4v) is 2.47. The maximum atomic E-state index is 12.2. The zero-order chi connectivity index (χ0) is 12.3. The number of rotatable bonds is 3. The minimum atomic E-state index is -0.0660. The second kappa shape index (κ2) is 5.31. The van der Waals surface area contributed by atoms with E-state index >= 15 is 0 Å². The number of carbonyl (C=O) groups excluding carboxylic acids is 1. The molecule has 5 heteroatoms. The van der Waals surface area contributed by atoms with Gasteiger partial charge in [-0.3, -0.25) is 4.79 Å². The van der Waals surface area contributed by atoms with Crippen molar-refractivity contribution in [2.45, 2.75) is 32.2 Å². The van der Waals surface area contributed by atoms with Crippen LogP contribution in [0.4, 0.5) is 0 Å². The second-order valence-electron chi connectivity index (χ2n) is 4.57. The zero-order valence-corrected chi connectivity index (χ0v) is 10.1. The van der Waals surface area contributed by atoms with Crippen LogP contribution in [0.5, 0.6) is 0 Å². The van der Waals surface area contributed by atoms with Crippen LogP contribution >= 0.6 is 0 Å². The summed E-state index contributed by atoms with van der Waals surface area (Å²) in [5.41, 5.74) is 6.14. The quantitative estimate of drug-likeness (QED) is 0.859. The number of nitrogens with two attached hydrogens (primary N) is 1. The third-order valence-electron chi connectivity index (χ3n) is 3.59. The van der Waals surface area contributed by atoms with Gasteiger partial charge in [-0.15, -0.1) is 0 Å². The highest BCUT2D eigenvalue weighted by Gasteiger charge is 2.31. The molecule has 0 aromatic carbocycles. The van der Waals surface area contributed by atoms with Gasteiger partial charge in [-0.25, -0.2) is 0 Å². The van der Waals surface area contributed by atoms with Crippen LogP contribution in [0.2, 0.25) is 0 Å². The molecule has 0 saturated carbocycles. The van der Waals surface area contributed by atoms with Crippen LogP contribution in [0.25, 0.3) is 0 Å². The Labute approximate surface area is 101 Å². The molecule has 1 aromatic heterocycles. The first-order valence-corrected chi connectivity index (χ1v) is 6.17. The number of piperidine rings is 1. The van der Waals surface area contributed by atoms with E-state index in [1.165, 1.54) is 6.26 Å². The van der Waals surface area contributed by atoms with Crippen molar-refractivity contribution in [1.29, 1.82) is 0 Å². The molecule has 2 atom stereocenters. The van der Waals surface area contributed by atoms with Crippen molar-refractivity contribution in [3.05, 3.63) is 18.0 Å². The lowest BCUT2D eigenvalue weighted by atomic mass is 9.88. The lowest BCUT2D eigenvalue weighted by molar-refractivity contribution is 0.0548. The number of hydrogen-bond donors (Lipinski definition) is 1. The van der Waals surface area contributed by atoms with Crippen LogP contribution in [-0.4, -0.2) is 35.1 Å². The van der Waals surface area contributed by atoms with Crippen LogP contribution in [0.15, 0.2) is 16.9 Å². The number of likely N-dealkylation sites (tertiary alicyclic amines) is 1. The van der Waals surface area contributed by atoms with Gasteiger partial charge in [-0.2, -0.15) is 0 Å². The minimum Gasteiger partial charge on any atom is -0.364 e. The van der Waals surface area contributed by atoms with Gasteiger partial charge in [0.2, 0.25) is 0 Å². The van der Waals surface area contributed by atoms with E-state index in [0.29, 0.717) is 18.2 Å². The molecule has 1 fully saturated rings. The summed E-state index contributed by atoms with van der Waals surface area (Å²) in [5, 5.41) is 3.69. The Bertz CT molecular complexity index is 364. The van der Waals surface area contributed by atoms with Gasteiger partial charge in [0.05, 0.1) is 0 Å². The van der Waals surface area contributed by atoms with Gasteiger partial charge in [-0.05, 0) is 18.8 Å². The molecule has 0 aliphatic carbocycles. The van der Waals surface area contributed by atoms with E-state index in [2.05, 4.69) is 12.1 Å². The normalized spacial score (nSPS) is 24.9. The number of carbonyl (C=O) groups is 1. The molecule has 0 spiro atoms. The maximum absolute atomic E-state index is 12.2. The first-order valence-electron chi connectivity index (χ1n) is 6.17. The molecular weight excluding hydrogens is 218 g/mol. The lowest BCUT2D eigenvalue weighted by Crippen LogP contribution is -2.49. The van der Waals surface area contributed by atoms with Gasteiger partial charge in [0.25, 0.3) is 5.91 Å². The fraction of sp³-hybridized carbons (Fsp3) is 0.667. The fourth-order valence-electron chi connectivity index (χ4n) is 2.47. The highest BCUT2D eigenvalue weighted by molar-refractivity contribution is 5.92. The zero-order valence-electron chi connectivity index (χ0n) is 10.1. The highest BCUT2D eigenvalue weighted by Crippen LogP contribution is 2.25. The highest BCUT2D eigenvalue weighted by atomic mass is 16.5. The summed E-state index contributed by atoms with van der Waals surface area (Å²) in [7, 11) is 0. The molecule has 5 nitrogen and oxygen atoms in total. The van der Waals surface area contributed by atoms with Gasteiger partial charge < -0.3 is 15.2 Å². The topological polar surface area (TPSA) is 72.4 Å². The number of aromatic nitrogens is 1. The number of hydrogen-bond acceptors (Lipinski definition) is 4. The third kappa shape index (κ3) is 2.49. The third-order valence-corrected chi connectivity index (χ3v) is 3.59. The van der Waals surface area contributed by atoms with Crippen LogP contribution in [-0.2, 0) is 0 Å². The molecule has 17 heavy (non-hydrogen) atoms. The molecule has 1 aromatic rings. The van der Waals surface area contributed by atoms with Crippen molar-refractivity contribution in [3.63, 3.8) is 0 Å². The molecule has 94 valence electrons. The molecule has 0 radical (unpaired) electrons. The SMILES string of the molecule is CCC1CCN(C(=O)c2ccon2)C(CN)C1. The van der Waals surface area contributed by atoms with Crippen LogP contribution in [0.1, 0.15) is 36.7 Å². The molecule has 2 N–H and O–H groups in total. The smallest absolute Gasteiger partial charge is 0.276 e. The Kier molecular flexibility index (Phi) is 3.78. The molecule has 1 amide bonds. The standard InChI is InChI=1S/C12H19N3O2/c1-2-9-3-5-15(10(7-9)8-13)12(16)11-4-6-17-14-11/h4,6,9-10H,2-3,5,7-8,13H2,1H3. The second-order valence-corrected chi connectivity index (χ2v) is 4.57. The molecule has 2 heterocycles.